The summed E-state index contributed by atoms with van der Waals surface area (Å²) >= 11 is 5.91. The smallest absolute Gasteiger partial charge is 0.337 e. The van der Waals surface area contributed by atoms with Crippen molar-refractivity contribution in [3.05, 3.63) is 28.8 Å². The molecule has 0 aliphatic rings. The van der Waals surface area contributed by atoms with Crippen LogP contribution < -0.4 is 5.32 Å². The van der Waals surface area contributed by atoms with E-state index in [9.17, 15) is 9.59 Å². The van der Waals surface area contributed by atoms with Crippen molar-refractivity contribution < 1.29 is 19.4 Å². The molecule has 0 spiro atoms. The van der Waals surface area contributed by atoms with Crippen molar-refractivity contribution in [3.63, 3.8) is 0 Å². The van der Waals surface area contributed by atoms with Crippen molar-refractivity contribution in [1.29, 1.82) is 0 Å². The predicted molar refractivity (Wildman–Crippen MR) is 72.7 cm³/mol. The predicted octanol–water partition coefficient (Wildman–Crippen LogP) is 2.65. The van der Waals surface area contributed by atoms with Crippen LogP contribution in [0.25, 0.3) is 0 Å². The first-order valence-electron chi connectivity index (χ1n) is 5.76. The van der Waals surface area contributed by atoms with Crippen LogP contribution in [0.15, 0.2) is 18.2 Å². The molecule has 5 nitrogen and oxygen atoms in total. The third-order valence-electron chi connectivity index (χ3n) is 2.49. The highest BCUT2D eigenvalue weighted by Crippen LogP contribution is 2.26. The molecule has 1 rings (SSSR count). The van der Waals surface area contributed by atoms with Gasteiger partial charge in [0.2, 0.25) is 5.91 Å². The third kappa shape index (κ3) is 4.54. The highest BCUT2D eigenvalue weighted by atomic mass is 35.5. The monoisotopic (exact) mass is 285 g/mol. The van der Waals surface area contributed by atoms with E-state index in [1.807, 2.05) is 6.92 Å². The highest BCUT2D eigenvalue weighted by Gasteiger charge is 2.16. The molecule has 6 heteroatoms. The molecule has 0 aromatic heterocycles. The summed E-state index contributed by atoms with van der Waals surface area (Å²) in [5, 5.41) is 11.8. The number of halogens is 1. The van der Waals surface area contributed by atoms with E-state index < -0.39 is 5.97 Å². The lowest BCUT2D eigenvalue weighted by Crippen LogP contribution is -2.19. The van der Waals surface area contributed by atoms with Gasteiger partial charge in [0.1, 0.15) is 0 Å². The molecular formula is C13H16ClNO4. The van der Waals surface area contributed by atoms with Crippen molar-refractivity contribution in [2.75, 3.05) is 19.0 Å². The molecule has 1 aromatic rings. The number of carbonyl (C=O) groups excluding carboxylic acids is 1. The van der Waals surface area contributed by atoms with E-state index in [0.29, 0.717) is 6.61 Å². The summed E-state index contributed by atoms with van der Waals surface area (Å²) in [6.07, 6.45) is 0.234. The Bertz CT molecular complexity index is 476. The molecular weight excluding hydrogens is 270 g/mol. The zero-order valence-electron chi connectivity index (χ0n) is 10.8. The van der Waals surface area contributed by atoms with Gasteiger partial charge in [-0.05, 0) is 18.1 Å². The van der Waals surface area contributed by atoms with E-state index in [4.69, 9.17) is 21.4 Å². The second-order valence-corrected chi connectivity index (χ2v) is 4.69. The zero-order chi connectivity index (χ0) is 14.4. The van der Waals surface area contributed by atoms with Crippen LogP contribution in [0.5, 0.6) is 0 Å². The Balaban J connectivity index is 2.82. The number of aromatic carboxylic acids is 1. The molecule has 19 heavy (non-hydrogen) atoms. The number of amides is 1. The fraction of sp³-hybridized carbons (Fsp3) is 0.385. The number of hydrogen-bond donors (Lipinski definition) is 2. The molecule has 1 amide bonds. The van der Waals surface area contributed by atoms with Crippen molar-refractivity contribution in [1.82, 2.24) is 0 Å². The molecule has 0 bridgehead atoms. The molecule has 1 atom stereocenters. The molecule has 0 saturated heterocycles. The molecule has 0 saturated carbocycles. The SMILES string of the molecule is COCC(C)CC(=O)Nc1c(Cl)cccc1C(=O)O. The average molecular weight is 286 g/mol. The van der Waals surface area contributed by atoms with E-state index in [2.05, 4.69) is 5.32 Å². The molecule has 0 fully saturated rings. The van der Waals surface area contributed by atoms with Crippen molar-refractivity contribution in [2.24, 2.45) is 5.92 Å². The minimum absolute atomic E-state index is 0.0276. The molecule has 0 heterocycles. The summed E-state index contributed by atoms with van der Waals surface area (Å²) in [4.78, 5) is 22.9. The van der Waals surface area contributed by atoms with E-state index in [-0.39, 0.29) is 34.5 Å². The van der Waals surface area contributed by atoms with Gasteiger partial charge >= 0.3 is 5.97 Å². The molecule has 1 unspecified atom stereocenters. The van der Waals surface area contributed by atoms with E-state index in [1.54, 1.807) is 7.11 Å². The van der Waals surface area contributed by atoms with E-state index in [0.717, 1.165) is 0 Å². The van der Waals surface area contributed by atoms with Crippen molar-refractivity contribution in [2.45, 2.75) is 13.3 Å². The number of para-hydroxylation sites is 1. The molecule has 0 aliphatic heterocycles. The summed E-state index contributed by atoms with van der Waals surface area (Å²) in [6.45, 7) is 2.33. The third-order valence-corrected chi connectivity index (χ3v) is 2.81. The number of methoxy groups -OCH3 is 1. The number of carbonyl (C=O) groups is 2. The minimum Gasteiger partial charge on any atom is -0.478 e. The molecule has 104 valence electrons. The second kappa shape index (κ2) is 7.11. The molecule has 2 N–H and O–H groups in total. The minimum atomic E-state index is -1.14. The van der Waals surface area contributed by atoms with Crippen molar-refractivity contribution >= 4 is 29.2 Å². The van der Waals surface area contributed by atoms with Gasteiger partial charge in [0.05, 0.1) is 16.3 Å². The van der Waals surface area contributed by atoms with Crippen molar-refractivity contribution in [3.8, 4) is 0 Å². The van der Waals surface area contributed by atoms with Gasteiger partial charge in [-0.3, -0.25) is 4.79 Å². The van der Waals surface area contributed by atoms with Crippen LogP contribution in [0, 0.1) is 5.92 Å². The van der Waals surface area contributed by atoms with Crippen LogP contribution in [0.1, 0.15) is 23.7 Å². The van der Waals surface area contributed by atoms with Gasteiger partial charge in [-0.1, -0.05) is 24.6 Å². The van der Waals surface area contributed by atoms with Gasteiger partial charge in [-0.15, -0.1) is 0 Å². The van der Waals surface area contributed by atoms with Crippen LogP contribution >= 0.6 is 11.6 Å². The Kier molecular flexibility index (Phi) is 5.79. The van der Waals surface area contributed by atoms with Gasteiger partial charge in [0, 0.05) is 20.1 Å². The van der Waals surface area contributed by atoms with Crippen LogP contribution in [0.2, 0.25) is 5.02 Å². The quantitative estimate of drug-likeness (QED) is 0.842. The van der Waals surface area contributed by atoms with Crippen LogP contribution in [-0.4, -0.2) is 30.7 Å². The van der Waals surface area contributed by atoms with Gasteiger partial charge in [-0.25, -0.2) is 4.79 Å². The second-order valence-electron chi connectivity index (χ2n) is 4.28. The maximum atomic E-state index is 11.8. The molecule has 0 aliphatic carbocycles. The summed E-state index contributed by atoms with van der Waals surface area (Å²) in [5.74, 6) is -1.39. The van der Waals surface area contributed by atoms with Gasteiger partial charge < -0.3 is 15.2 Å². The number of ether oxygens (including phenoxy) is 1. The first kappa shape index (κ1) is 15.5. The summed E-state index contributed by atoms with van der Waals surface area (Å²) in [7, 11) is 1.56. The normalized spacial score (nSPS) is 11.9. The first-order chi connectivity index (χ1) is 8.95. The number of hydrogen-bond acceptors (Lipinski definition) is 3. The van der Waals surface area contributed by atoms with Gasteiger partial charge in [0.25, 0.3) is 0 Å². The standard InChI is InChI=1S/C13H16ClNO4/c1-8(7-19-2)6-11(16)15-12-9(13(17)18)4-3-5-10(12)14/h3-5,8H,6-7H2,1-2H3,(H,15,16)(H,17,18). The average Bonchev–Trinajstić information content (AvgIpc) is 2.31. The lowest BCUT2D eigenvalue weighted by Gasteiger charge is -2.13. The lowest BCUT2D eigenvalue weighted by atomic mass is 10.1. The zero-order valence-corrected chi connectivity index (χ0v) is 11.5. The largest absolute Gasteiger partial charge is 0.478 e. The fourth-order valence-electron chi connectivity index (χ4n) is 1.68. The Morgan fingerprint density at radius 2 is 2.16 bits per heavy atom. The molecule has 1 aromatic carbocycles. The Hall–Kier alpha value is -1.59. The van der Waals surface area contributed by atoms with E-state index in [1.165, 1.54) is 18.2 Å². The molecule has 0 radical (unpaired) electrons. The van der Waals surface area contributed by atoms with Gasteiger partial charge in [-0.2, -0.15) is 0 Å². The lowest BCUT2D eigenvalue weighted by molar-refractivity contribution is -0.117. The van der Waals surface area contributed by atoms with Crippen LogP contribution in [0.3, 0.4) is 0 Å². The van der Waals surface area contributed by atoms with Crippen LogP contribution in [0.4, 0.5) is 5.69 Å². The number of anilines is 1. The first-order valence-corrected chi connectivity index (χ1v) is 6.14. The Morgan fingerprint density at radius 1 is 1.47 bits per heavy atom. The number of benzene rings is 1. The van der Waals surface area contributed by atoms with Gasteiger partial charge in [0.15, 0.2) is 0 Å². The van der Waals surface area contributed by atoms with Crippen LogP contribution in [-0.2, 0) is 9.53 Å². The number of carboxylic acid groups (broad SMARTS) is 1. The summed E-state index contributed by atoms with van der Waals surface area (Å²) < 4.78 is 4.94. The Morgan fingerprint density at radius 3 is 2.74 bits per heavy atom. The maximum Gasteiger partial charge on any atom is 0.337 e. The number of nitrogens with one attached hydrogen (secondary N) is 1. The topological polar surface area (TPSA) is 75.6 Å². The highest BCUT2D eigenvalue weighted by molar-refractivity contribution is 6.34. The Labute approximate surface area is 116 Å². The fourth-order valence-corrected chi connectivity index (χ4v) is 1.90. The number of rotatable bonds is 6. The number of carboxylic acids is 1. The summed E-state index contributed by atoms with van der Waals surface area (Å²) in [5.41, 5.74) is 0.103. The maximum absolute atomic E-state index is 11.8. The van der Waals surface area contributed by atoms with E-state index >= 15 is 0 Å². The summed E-state index contributed by atoms with van der Waals surface area (Å²) in [6, 6.07) is 4.44.